The second-order valence-corrected chi connectivity index (χ2v) is 6.48. The Morgan fingerprint density at radius 2 is 0.967 bits per heavy atom. The molecule has 0 bridgehead atoms. The quantitative estimate of drug-likeness (QED) is 0.271. The van der Waals surface area contributed by atoms with Crippen LogP contribution in [0.5, 0.6) is 23.0 Å². The minimum Gasteiger partial charge on any atom is -0.453 e. The zero-order chi connectivity index (χ0) is 20.8. The Hall–Kier alpha value is -4.18. The van der Waals surface area contributed by atoms with Crippen LogP contribution in [0.3, 0.4) is 0 Å². The topological polar surface area (TPSA) is 52.6 Å². The standard InChI is InChI=1S/C26H18O4/c27-25(19-11-3-1-4-12-19)26(28)21-15-7-8-16-22(21)30-24-18-10-9-17-23(24)29-20-13-5-2-6-14-20/h1-18H. The third-order valence-electron chi connectivity index (χ3n) is 4.41. The molecule has 4 nitrogen and oxygen atoms in total. The average Bonchev–Trinajstić information content (AvgIpc) is 2.81. The van der Waals surface area contributed by atoms with E-state index in [9.17, 15) is 9.59 Å². The van der Waals surface area contributed by atoms with Crippen molar-refractivity contribution in [3.8, 4) is 23.0 Å². The van der Waals surface area contributed by atoms with Crippen molar-refractivity contribution in [2.45, 2.75) is 0 Å². The van der Waals surface area contributed by atoms with Gasteiger partial charge in [-0.15, -0.1) is 0 Å². The number of benzene rings is 4. The summed E-state index contributed by atoms with van der Waals surface area (Å²) in [5.41, 5.74) is 0.533. The van der Waals surface area contributed by atoms with E-state index >= 15 is 0 Å². The van der Waals surface area contributed by atoms with Crippen molar-refractivity contribution in [2.24, 2.45) is 0 Å². The molecule has 0 unspecified atom stereocenters. The number of carbonyl (C=O) groups excluding carboxylic acids is 2. The van der Waals surface area contributed by atoms with Crippen LogP contribution in [-0.4, -0.2) is 11.6 Å². The van der Waals surface area contributed by atoms with E-state index < -0.39 is 11.6 Å². The molecular weight excluding hydrogens is 376 g/mol. The predicted octanol–water partition coefficient (Wildman–Crippen LogP) is 6.34. The van der Waals surface area contributed by atoms with Crippen LogP contribution < -0.4 is 9.47 Å². The molecule has 0 saturated heterocycles. The molecule has 0 aliphatic heterocycles. The summed E-state index contributed by atoms with van der Waals surface area (Å²) in [6.07, 6.45) is 0. The molecule has 4 heteroatoms. The summed E-state index contributed by atoms with van der Waals surface area (Å²) in [5, 5.41) is 0. The van der Waals surface area contributed by atoms with Crippen LogP contribution in [0.15, 0.2) is 109 Å². The van der Waals surface area contributed by atoms with Gasteiger partial charge in [-0.2, -0.15) is 0 Å². The molecule has 0 spiro atoms. The maximum atomic E-state index is 12.9. The smallest absolute Gasteiger partial charge is 0.237 e. The van der Waals surface area contributed by atoms with Crippen molar-refractivity contribution < 1.29 is 19.1 Å². The highest BCUT2D eigenvalue weighted by Gasteiger charge is 2.22. The van der Waals surface area contributed by atoms with Gasteiger partial charge in [0.25, 0.3) is 0 Å². The van der Waals surface area contributed by atoms with Gasteiger partial charge in [0.1, 0.15) is 11.5 Å². The Kier molecular flexibility index (Phi) is 5.67. The zero-order valence-electron chi connectivity index (χ0n) is 16.0. The van der Waals surface area contributed by atoms with Gasteiger partial charge in [-0.3, -0.25) is 9.59 Å². The van der Waals surface area contributed by atoms with E-state index in [0.717, 1.165) is 0 Å². The molecule has 0 aromatic heterocycles. The van der Waals surface area contributed by atoms with Crippen LogP contribution in [0.4, 0.5) is 0 Å². The van der Waals surface area contributed by atoms with Crippen LogP contribution in [0, 0.1) is 0 Å². The van der Waals surface area contributed by atoms with E-state index in [1.54, 1.807) is 66.7 Å². The van der Waals surface area contributed by atoms with Crippen LogP contribution in [-0.2, 0) is 0 Å². The second-order valence-electron chi connectivity index (χ2n) is 6.48. The number of para-hydroxylation sites is 4. The molecule has 0 amide bonds. The van der Waals surface area contributed by atoms with Crippen LogP contribution in [0.25, 0.3) is 0 Å². The van der Waals surface area contributed by atoms with Crippen LogP contribution in [0.2, 0.25) is 0 Å². The Balaban J connectivity index is 1.63. The minimum atomic E-state index is -0.627. The second kappa shape index (κ2) is 8.88. The molecule has 0 saturated carbocycles. The normalized spacial score (nSPS) is 10.3. The van der Waals surface area contributed by atoms with Gasteiger partial charge >= 0.3 is 0 Å². The molecule has 0 radical (unpaired) electrons. The van der Waals surface area contributed by atoms with Gasteiger partial charge in [-0.05, 0) is 36.4 Å². The molecule has 4 rings (SSSR count). The number of rotatable bonds is 7. The van der Waals surface area contributed by atoms with Crippen molar-refractivity contribution in [2.75, 3.05) is 0 Å². The summed E-state index contributed by atoms with van der Waals surface area (Å²) in [6, 6.07) is 31.7. The first-order valence-corrected chi connectivity index (χ1v) is 9.45. The number of ketones is 2. The summed E-state index contributed by atoms with van der Waals surface area (Å²) in [6.45, 7) is 0. The number of Topliss-reactive ketones (excluding diaryl/α,β-unsaturated/α-hetero) is 2. The third-order valence-corrected chi connectivity index (χ3v) is 4.41. The molecule has 0 aliphatic rings. The van der Waals surface area contributed by atoms with Crippen molar-refractivity contribution in [1.82, 2.24) is 0 Å². The van der Waals surface area contributed by atoms with Gasteiger partial charge in [0.2, 0.25) is 11.6 Å². The molecule has 4 aromatic carbocycles. The lowest BCUT2D eigenvalue weighted by Gasteiger charge is -2.14. The lowest BCUT2D eigenvalue weighted by Crippen LogP contribution is -2.15. The first-order chi connectivity index (χ1) is 14.7. The molecule has 0 fully saturated rings. The van der Waals surface area contributed by atoms with Crippen molar-refractivity contribution in [1.29, 1.82) is 0 Å². The highest BCUT2D eigenvalue weighted by molar-refractivity contribution is 6.49. The minimum absolute atomic E-state index is 0.195. The van der Waals surface area contributed by atoms with Gasteiger partial charge < -0.3 is 9.47 Å². The summed E-state index contributed by atoms with van der Waals surface area (Å²) >= 11 is 0. The Bertz CT molecular complexity index is 1170. The number of ether oxygens (including phenoxy) is 2. The van der Waals surface area contributed by atoms with Gasteiger partial charge in [-0.1, -0.05) is 72.8 Å². The highest BCUT2D eigenvalue weighted by atomic mass is 16.5. The summed E-state index contributed by atoms with van der Waals surface area (Å²) < 4.78 is 11.9. The Morgan fingerprint density at radius 3 is 1.63 bits per heavy atom. The van der Waals surface area contributed by atoms with Crippen LogP contribution >= 0.6 is 0 Å². The van der Waals surface area contributed by atoms with E-state index in [1.165, 1.54) is 0 Å². The Morgan fingerprint density at radius 1 is 0.467 bits per heavy atom. The highest BCUT2D eigenvalue weighted by Crippen LogP contribution is 2.35. The van der Waals surface area contributed by atoms with Gasteiger partial charge in [0.05, 0.1) is 5.56 Å². The first-order valence-electron chi connectivity index (χ1n) is 9.45. The summed E-state index contributed by atoms with van der Waals surface area (Å²) in [5.74, 6) is 0.681. The zero-order valence-corrected chi connectivity index (χ0v) is 16.0. The maximum absolute atomic E-state index is 12.9. The van der Waals surface area contributed by atoms with E-state index in [2.05, 4.69) is 0 Å². The molecule has 4 aromatic rings. The molecule has 0 N–H and O–H groups in total. The maximum Gasteiger partial charge on any atom is 0.237 e. The average molecular weight is 394 g/mol. The Labute approximate surface area is 174 Å². The fourth-order valence-electron chi connectivity index (χ4n) is 2.94. The van der Waals surface area contributed by atoms with Crippen molar-refractivity contribution in [3.63, 3.8) is 0 Å². The molecule has 0 heterocycles. The molecular formula is C26H18O4. The first kappa shape index (κ1) is 19.2. The number of hydrogen-bond donors (Lipinski definition) is 0. The van der Waals surface area contributed by atoms with Crippen molar-refractivity contribution in [3.05, 3.63) is 120 Å². The van der Waals surface area contributed by atoms with Gasteiger partial charge in [0, 0.05) is 5.56 Å². The lowest BCUT2D eigenvalue weighted by molar-refractivity contribution is 0.0815. The largest absolute Gasteiger partial charge is 0.453 e. The van der Waals surface area contributed by atoms with Crippen LogP contribution in [0.1, 0.15) is 20.7 Å². The van der Waals surface area contributed by atoms with E-state index in [1.807, 2.05) is 42.5 Å². The molecule has 0 atom stereocenters. The number of hydrogen-bond acceptors (Lipinski definition) is 4. The lowest BCUT2D eigenvalue weighted by atomic mass is 10.0. The van der Waals surface area contributed by atoms with Crippen molar-refractivity contribution >= 4 is 11.6 Å². The van der Waals surface area contributed by atoms with Gasteiger partial charge in [0.15, 0.2) is 11.5 Å². The van der Waals surface area contributed by atoms with E-state index in [-0.39, 0.29) is 11.3 Å². The SMILES string of the molecule is O=C(C(=O)c1ccccc1Oc1ccccc1Oc1ccccc1)c1ccccc1. The predicted molar refractivity (Wildman–Crippen MR) is 115 cm³/mol. The monoisotopic (exact) mass is 394 g/mol. The molecule has 146 valence electrons. The fraction of sp³-hybridized carbons (Fsp3) is 0. The summed E-state index contributed by atoms with van der Waals surface area (Å²) in [7, 11) is 0. The van der Waals surface area contributed by atoms with E-state index in [0.29, 0.717) is 22.8 Å². The molecule has 0 aliphatic carbocycles. The third kappa shape index (κ3) is 4.28. The summed E-state index contributed by atoms with van der Waals surface area (Å²) in [4.78, 5) is 25.5. The molecule has 30 heavy (non-hydrogen) atoms. The van der Waals surface area contributed by atoms with E-state index in [4.69, 9.17) is 9.47 Å². The fourth-order valence-corrected chi connectivity index (χ4v) is 2.94. The number of carbonyl (C=O) groups is 2. The van der Waals surface area contributed by atoms with Gasteiger partial charge in [-0.25, -0.2) is 0 Å².